The summed E-state index contributed by atoms with van der Waals surface area (Å²) in [6.45, 7) is 0.864. The quantitative estimate of drug-likeness (QED) is 0.778. The second-order valence-electron chi connectivity index (χ2n) is 7.51. The van der Waals surface area contributed by atoms with Gasteiger partial charge in [-0.2, -0.15) is 13.2 Å². The van der Waals surface area contributed by atoms with Crippen LogP contribution in [-0.2, 0) is 6.18 Å². The van der Waals surface area contributed by atoms with Crippen molar-refractivity contribution in [1.29, 1.82) is 0 Å². The summed E-state index contributed by atoms with van der Waals surface area (Å²) < 4.78 is 46.2. The molecule has 29 heavy (non-hydrogen) atoms. The van der Waals surface area contributed by atoms with E-state index < -0.39 is 23.7 Å². The molecule has 2 aromatic heterocycles. The molecule has 0 bridgehead atoms. The Morgan fingerprint density at radius 1 is 1.41 bits per heavy atom. The average Bonchev–Trinajstić information content (AvgIpc) is 3.24. The number of pyridine rings is 1. The normalized spacial score (nSPS) is 24.0. The molecule has 0 unspecified atom stereocenters. The van der Waals surface area contributed by atoms with Crippen molar-refractivity contribution in [3.8, 4) is 5.88 Å². The molecule has 4 rings (SSSR count). The summed E-state index contributed by atoms with van der Waals surface area (Å²) in [4.78, 5) is 28.6. The molecule has 3 heterocycles. The number of hydrogen-bond acceptors (Lipinski definition) is 5. The van der Waals surface area contributed by atoms with Crippen molar-refractivity contribution < 1.29 is 32.6 Å². The standard InChI is InChI=1S/C18H18F3N3O4S/c1-22-15(25)10-7-29-14-11(18(19,20)21)4-12(23-13(10)14)28-9-5-17(6-9)2-3-24(8-17)16(26)27/h4,7,9H,2-3,5-6,8H2,1H3,(H,22,25)(H,26,27)/t9-,17-. The van der Waals surface area contributed by atoms with E-state index in [1.165, 1.54) is 17.3 Å². The number of rotatable bonds is 3. The molecule has 156 valence electrons. The monoisotopic (exact) mass is 429 g/mol. The second-order valence-corrected chi connectivity index (χ2v) is 8.39. The lowest BCUT2D eigenvalue weighted by molar-refractivity contribution is -0.136. The minimum atomic E-state index is -4.61. The molecule has 11 heteroatoms. The van der Waals surface area contributed by atoms with Gasteiger partial charge in [0.1, 0.15) is 6.10 Å². The third-order valence-corrected chi connectivity index (χ3v) is 6.60. The Labute approximate surface area is 167 Å². The van der Waals surface area contributed by atoms with E-state index in [-0.39, 0.29) is 33.2 Å². The maximum absolute atomic E-state index is 13.5. The van der Waals surface area contributed by atoms with Gasteiger partial charge in [0.15, 0.2) is 0 Å². The maximum Gasteiger partial charge on any atom is 0.418 e. The summed E-state index contributed by atoms with van der Waals surface area (Å²) in [7, 11) is 1.40. The van der Waals surface area contributed by atoms with E-state index in [1.54, 1.807) is 0 Å². The minimum Gasteiger partial charge on any atom is -0.474 e. The van der Waals surface area contributed by atoms with Crippen LogP contribution in [-0.4, -0.2) is 53.2 Å². The van der Waals surface area contributed by atoms with Gasteiger partial charge in [0, 0.05) is 31.6 Å². The van der Waals surface area contributed by atoms with Crippen molar-refractivity contribution in [1.82, 2.24) is 15.2 Å². The van der Waals surface area contributed by atoms with Crippen molar-refractivity contribution >= 4 is 33.6 Å². The molecule has 2 fully saturated rings. The largest absolute Gasteiger partial charge is 0.474 e. The van der Waals surface area contributed by atoms with Crippen LogP contribution in [0, 0.1) is 5.41 Å². The first kappa shape index (κ1) is 19.7. The molecule has 2 aromatic rings. The van der Waals surface area contributed by atoms with Crippen molar-refractivity contribution in [2.24, 2.45) is 5.41 Å². The number of amides is 2. The number of ether oxygens (including phenoxy) is 1. The Kier molecular flexibility index (Phi) is 4.60. The number of hydrogen-bond donors (Lipinski definition) is 2. The molecule has 1 aliphatic heterocycles. The van der Waals surface area contributed by atoms with Gasteiger partial charge in [0.25, 0.3) is 5.91 Å². The SMILES string of the molecule is CNC(=O)c1csc2c(C(F)(F)F)cc(O[C@H]3C[C@@]4(CCN(C(=O)O)C4)C3)nc12. The van der Waals surface area contributed by atoms with Crippen molar-refractivity contribution in [2.75, 3.05) is 20.1 Å². The molecule has 0 aromatic carbocycles. The van der Waals surface area contributed by atoms with Crippen LogP contribution in [0.5, 0.6) is 5.88 Å². The Morgan fingerprint density at radius 3 is 2.72 bits per heavy atom. The number of alkyl halides is 3. The zero-order valence-corrected chi connectivity index (χ0v) is 16.2. The summed E-state index contributed by atoms with van der Waals surface area (Å²) in [6, 6.07) is 0.871. The summed E-state index contributed by atoms with van der Waals surface area (Å²) in [6.07, 6.45) is -4.08. The lowest BCUT2D eigenvalue weighted by atomic mass is 9.66. The van der Waals surface area contributed by atoms with Gasteiger partial charge in [-0.3, -0.25) is 4.79 Å². The van der Waals surface area contributed by atoms with Gasteiger partial charge in [-0.05, 0) is 24.7 Å². The fourth-order valence-electron chi connectivity index (χ4n) is 4.14. The highest BCUT2D eigenvalue weighted by atomic mass is 32.1. The van der Waals surface area contributed by atoms with Crippen LogP contribution in [0.4, 0.5) is 18.0 Å². The number of aromatic nitrogens is 1. The number of carbonyl (C=O) groups excluding carboxylic acids is 1. The summed E-state index contributed by atoms with van der Waals surface area (Å²) in [5.41, 5.74) is -1.02. The third kappa shape index (κ3) is 3.47. The molecular weight excluding hydrogens is 411 g/mol. The number of carbonyl (C=O) groups is 2. The molecule has 1 spiro atoms. The fourth-order valence-corrected chi connectivity index (χ4v) is 5.17. The Bertz CT molecular complexity index is 985. The van der Waals surface area contributed by atoms with E-state index in [2.05, 4.69) is 10.3 Å². The number of thiophene rings is 1. The lowest BCUT2D eigenvalue weighted by Gasteiger charge is -2.44. The van der Waals surface area contributed by atoms with Crippen LogP contribution in [0.15, 0.2) is 11.4 Å². The first-order valence-electron chi connectivity index (χ1n) is 8.98. The van der Waals surface area contributed by atoms with E-state index in [9.17, 15) is 22.8 Å². The molecule has 2 aliphatic rings. The topological polar surface area (TPSA) is 91.8 Å². The second kappa shape index (κ2) is 6.75. The van der Waals surface area contributed by atoms with E-state index in [1.807, 2.05) is 0 Å². The van der Waals surface area contributed by atoms with Crippen LogP contribution in [0.25, 0.3) is 10.2 Å². The Hall–Kier alpha value is -2.56. The number of nitrogens with one attached hydrogen (secondary N) is 1. The summed E-state index contributed by atoms with van der Waals surface area (Å²) in [5.74, 6) is -0.697. The zero-order valence-electron chi connectivity index (χ0n) is 15.4. The van der Waals surface area contributed by atoms with Gasteiger partial charge in [0.2, 0.25) is 5.88 Å². The van der Waals surface area contributed by atoms with Crippen LogP contribution >= 0.6 is 11.3 Å². The molecular formula is C18H18F3N3O4S. The molecule has 2 N–H and O–H groups in total. The van der Waals surface area contributed by atoms with E-state index in [0.717, 1.165) is 17.4 Å². The lowest BCUT2D eigenvalue weighted by Crippen LogP contribution is -2.46. The van der Waals surface area contributed by atoms with E-state index >= 15 is 0 Å². The predicted octanol–water partition coefficient (Wildman–Crippen LogP) is 3.59. The van der Waals surface area contributed by atoms with E-state index in [0.29, 0.717) is 32.4 Å². The van der Waals surface area contributed by atoms with Gasteiger partial charge >= 0.3 is 12.3 Å². The van der Waals surface area contributed by atoms with Gasteiger partial charge in [-0.15, -0.1) is 11.3 Å². The fraction of sp³-hybridized carbons (Fsp3) is 0.500. The highest BCUT2D eigenvalue weighted by molar-refractivity contribution is 7.17. The summed E-state index contributed by atoms with van der Waals surface area (Å²) in [5, 5.41) is 12.8. The van der Waals surface area contributed by atoms with Crippen molar-refractivity contribution in [3.05, 3.63) is 22.6 Å². The minimum absolute atomic E-state index is 0.0360. The number of nitrogens with zero attached hydrogens (tertiary/aromatic N) is 2. The number of halogens is 3. The van der Waals surface area contributed by atoms with Crippen molar-refractivity contribution in [3.63, 3.8) is 0 Å². The molecule has 1 saturated carbocycles. The number of likely N-dealkylation sites (tertiary alicyclic amines) is 1. The van der Waals surface area contributed by atoms with Gasteiger partial charge < -0.3 is 20.1 Å². The van der Waals surface area contributed by atoms with Crippen LogP contribution in [0.2, 0.25) is 0 Å². The zero-order chi connectivity index (χ0) is 21.0. The van der Waals surface area contributed by atoms with Crippen molar-refractivity contribution in [2.45, 2.75) is 31.5 Å². The highest BCUT2D eigenvalue weighted by Gasteiger charge is 2.51. The maximum atomic E-state index is 13.5. The smallest absolute Gasteiger partial charge is 0.418 e. The molecule has 0 atom stereocenters. The molecule has 7 nitrogen and oxygen atoms in total. The van der Waals surface area contributed by atoms with Crippen LogP contribution in [0.1, 0.15) is 35.2 Å². The predicted molar refractivity (Wildman–Crippen MR) is 98.3 cm³/mol. The third-order valence-electron chi connectivity index (χ3n) is 5.59. The van der Waals surface area contributed by atoms with E-state index in [4.69, 9.17) is 9.84 Å². The highest BCUT2D eigenvalue weighted by Crippen LogP contribution is 2.50. The van der Waals surface area contributed by atoms with Gasteiger partial charge in [-0.25, -0.2) is 9.78 Å². The Morgan fingerprint density at radius 2 is 2.14 bits per heavy atom. The molecule has 0 radical (unpaired) electrons. The first-order valence-corrected chi connectivity index (χ1v) is 9.86. The Balaban J connectivity index is 1.58. The van der Waals surface area contributed by atoms with Gasteiger partial charge in [0.05, 0.1) is 21.3 Å². The molecule has 2 amide bonds. The first-order chi connectivity index (χ1) is 13.6. The molecule has 1 aliphatic carbocycles. The average molecular weight is 429 g/mol. The van der Waals surface area contributed by atoms with Crippen LogP contribution in [0.3, 0.4) is 0 Å². The summed E-state index contributed by atoms with van der Waals surface area (Å²) >= 11 is 0.817. The van der Waals surface area contributed by atoms with Gasteiger partial charge in [-0.1, -0.05) is 0 Å². The number of carboxylic acid groups (broad SMARTS) is 1. The molecule has 1 saturated heterocycles. The van der Waals surface area contributed by atoms with Crippen LogP contribution < -0.4 is 10.1 Å². The number of fused-ring (bicyclic) bond motifs is 1.